The smallest absolute Gasteiger partial charge is 0.380 e. The highest BCUT2D eigenvalue weighted by Gasteiger charge is 2.54. The molecule has 1 fully saturated rings. The van der Waals surface area contributed by atoms with Crippen LogP contribution in [0.5, 0.6) is 0 Å². The third-order valence-corrected chi connectivity index (χ3v) is 8.27. The van der Waals surface area contributed by atoms with Gasteiger partial charge in [-0.25, -0.2) is 9.67 Å². The Bertz CT molecular complexity index is 2160. The van der Waals surface area contributed by atoms with E-state index in [9.17, 15) is 18.0 Å². The molecule has 3 atom stereocenters. The van der Waals surface area contributed by atoms with Crippen molar-refractivity contribution in [3.63, 3.8) is 0 Å². The zero-order valence-electron chi connectivity index (χ0n) is 21.6. The van der Waals surface area contributed by atoms with Crippen molar-refractivity contribution < 1.29 is 22.1 Å². The Morgan fingerprint density at radius 1 is 1.09 bits per heavy atom. The number of nitrogens with zero attached hydrogens (tertiary/aromatic N) is 6. The summed E-state index contributed by atoms with van der Waals surface area (Å²) in [7, 11) is 0. The monoisotopic (exact) mass is 608 g/mol. The summed E-state index contributed by atoms with van der Waals surface area (Å²) in [6.45, 7) is 0. The first-order valence-electron chi connectivity index (χ1n) is 13.0. The molecule has 1 aliphatic carbocycles. The number of H-pyrrole nitrogens is 1. The summed E-state index contributed by atoms with van der Waals surface area (Å²) >= 11 is 6.26. The number of hydrogen-bond donors (Lipinski definition) is 2. The number of benzene rings is 2. The first kappa shape index (κ1) is 25.7. The molecule has 2 aromatic carbocycles. The summed E-state index contributed by atoms with van der Waals surface area (Å²) in [4.78, 5) is 20.9. The lowest BCUT2D eigenvalue weighted by Crippen LogP contribution is -2.26. The molecule has 43 heavy (non-hydrogen) atoms. The fourth-order valence-corrected chi connectivity index (χ4v) is 6.19. The van der Waals surface area contributed by atoms with Crippen LogP contribution in [0.1, 0.15) is 35.6 Å². The van der Waals surface area contributed by atoms with Crippen molar-refractivity contribution in [3.05, 3.63) is 93.3 Å². The summed E-state index contributed by atoms with van der Waals surface area (Å²) in [6.07, 6.45) is -3.14. The van der Waals surface area contributed by atoms with Gasteiger partial charge in [-0.2, -0.15) is 17.6 Å². The standard InChI is InChI=1S/C28H17ClF4N8O2/c29-13-2-4-18(40-10-21(37-39-40)28(31,32)33)15(8-13)12-5-19-16-9-17(16)24(41(19)22(42)7-12)27-35-23(25(30)36-27)11-1-3-14-20(6-11)43-38-26(14)34/h1-8,10,16-17,24H,9H2,(H2,34,38)(H,35,36). The van der Waals surface area contributed by atoms with E-state index in [1.807, 2.05) is 6.07 Å². The molecular formula is C28H17ClF4N8O2. The number of nitrogens with two attached hydrogens (primary N) is 1. The number of aromatic nitrogens is 7. The van der Waals surface area contributed by atoms with Gasteiger partial charge < -0.3 is 19.8 Å². The second-order valence-electron chi connectivity index (χ2n) is 10.6. The number of rotatable bonds is 4. The number of nitrogens with one attached hydrogen (secondary N) is 1. The van der Waals surface area contributed by atoms with Crippen LogP contribution in [0.4, 0.5) is 23.4 Å². The predicted octanol–water partition coefficient (Wildman–Crippen LogP) is 5.73. The molecule has 1 aliphatic heterocycles. The zero-order valence-corrected chi connectivity index (χ0v) is 22.4. The van der Waals surface area contributed by atoms with Crippen LogP contribution in [0.3, 0.4) is 0 Å². The van der Waals surface area contributed by atoms with Gasteiger partial charge in [-0.15, -0.1) is 5.10 Å². The van der Waals surface area contributed by atoms with Crippen LogP contribution in [0.15, 0.2) is 64.0 Å². The Morgan fingerprint density at radius 3 is 2.72 bits per heavy atom. The van der Waals surface area contributed by atoms with Gasteiger partial charge in [0, 0.05) is 33.8 Å². The molecule has 1 saturated carbocycles. The largest absolute Gasteiger partial charge is 0.436 e. The van der Waals surface area contributed by atoms with Gasteiger partial charge >= 0.3 is 6.18 Å². The van der Waals surface area contributed by atoms with E-state index in [4.69, 9.17) is 21.9 Å². The highest BCUT2D eigenvalue weighted by Crippen LogP contribution is 2.60. The molecule has 216 valence electrons. The van der Waals surface area contributed by atoms with Crippen molar-refractivity contribution >= 4 is 28.4 Å². The number of nitrogen functional groups attached to an aromatic ring is 1. The summed E-state index contributed by atoms with van der Waals surface area (Å²) in [6, 6.07) is 12.2. The van der Waals surface area contributed by atoms with E-state index in [1.165, 1.54) is 18.2 Å². The fraction of sp³-hybridized carbons (Fsp3) is 0.179. The number of pyridine rings is 1. The van der Waals surface area contributed by atoms with Crippen LogP contribution >= 0.6 is 11.6 Å². The number of imidazole rings is 1. The van der Waals surface area contributed by atoms with E-state index < -0.39 is 23.9 Å². The molecule has 15 heteroatoms. The second-order valence-corrected chi connectivity index (χ2v) is 11.0. The van der Waals surface area contributed by atoms with E-state index in [-0.39, 0.29) is 34.6 Å². The molecule has 0 saturated heterocycles. The molecule has 4 aromatic heterocycles. The first-order chi connectivity index (χ1) is 20.6. The highest BCUT2D eigenvalue weighted by atomic mass is 35.5. The van der Waals surface area contributed by atoms with Crippen LogP contribution in [0, 0.1) is 11.9 Å². The Hall–Kier alpha value is -4.98. The van der Waals surface area contributed by atoms with Crippen LogP contribution in [0.2, 0.25) is 5.02 Å². The zero-order chi connectivity index (χ0) is 29.8. The maximum absolute atomic E-state index is 15.2. The van der Waals surface area contributed by atoms with Crippen molar-refractivity contribution in [1.29, 1.82) is 0 Å². The molecule has 0 spiro atoms. The number of halogens is 5. The lowest BCUT2D eigenvalue weighted by atomic mass is 10.0. The quantitative estimate of drug-likeness (QED) is 0.244. The molecule has 3 N–H and O–H groups in total. The maximum atomic E-state index is 15.2. The Morgan fingerprint density at radius 2 is 1.93 bits per heavy atom. The van der Waals surface area contributed by atoms with Crippen molar-refractivity contribution in [3.8, 4) is 28.1 Å². The lowest BCUT2D eigenvalue weighted by Gasteiger charge is -2.17. The lowest BCUT2D eigenvalue weighted by molar-refractivity contribution is -0.141. The van der Waals surface area contributed by atoms with Crippen molar-refractivity contribution in [2.45, 2.75) is 24.6 Å². The topological polar surface area (TPSA) is 133 Å². The van der Waals surface area contributed by atoms with Gasteiger partial charge in [0.25, 0.3) is 5.56 Å². The third kappa shape index (κ3) is 3.96. The molecule has 0 amide bonds. The van der Waals surface area contributed by atoms with Crippen molar-refractivity contribution in [2.24, 2.45) is 5.92 Å². The number of alkyl halides is 3. The van der Waals surface area contributed by atoms with Gasteiger partial charge in [0.2, 0.25) is 5.95 Å². The minimum Gasteiger partial charge on any atom is -0.380 e. The number of anilines is 1. The SMILES string of the molecule is Nc1noc2cc(-c3nc(C4C5CC5c5cc(-c6cc(Cl)ccc6-n6cc(C(F)(F)F)nn6)cc(=O)n54)[nH]c3F)ccc12. The van der Waals surface area contributed by atoms with Crippen LogP contribution in [0.25, 0.3) is 39.0 Å². The molecule has 3 unspecified atom stereocenters. The summed E-state index contributed by atoms with van der Waals surface area (Å²) < 4.78 is 62.6. The van der Waals surface area contributed by atoms with E-state index >= 15 is 4.39 Å². The Labute approximate surface area is 242 Å². The van der Waals surface area contributed by atoms with E-state index in [2.05, 4.69) is 25.4 Å². The number of aromatic amines is 1. The molecule has 8 rings (SSSR count). The average molecular weight is 609 g/mol. The van der Waals surface area contributed by atoms with Crippen LogP contribution in [-0.4, -0.2) is 34.7 Å². The van der Waals surface area contributed by atoms with E-state index in [0.717, 1.165) is 23.0 Å². The van der Waals surface area contributed by atoms with Gasteiger partial charge in [0.15, 0.2) is 17.1 Å². The molecule has 5 heterocycles. The Balaban J connectivity index is 1.19. The highest BCUT2D eigenvalue weighted by molar-refractivity contribution is 6.31. The van der Waals surface area contributed by atoms with Gasteiger partial charge in [-0.05, 0) is 54.3 Å². The van der Waals surface area contributed by atoms with E-state index in [1.54, 1.807) is 28.8 Å². The minimum absolute atomic E-state index is 0.0152. The normalized spacial score (nSPS) is 19.1. The van der Waals surface area contributed by atoms with Gasteiger partial charge in [-0.1, -0.05) is 28.0 Å². The molecule has 6 aromatic rings. The average Bonchev–Trinajstić information content (AvgIpc) is 3.31. The van der Waals surface area contributed by atoms with E-state index in [0.29, 0.717) is 38.5 Å². The van der Waals surface area contributed by atoms with Crippen LogP contribution < -0.4 is 11.3 Å². The summed E-state index contributed by atoms with van der Waals surface area (Å²) in [5.41, 5.74) is 7.00. The molecular weight excluding hydrogens is 592 g/mol. The predicted molar refractivity (Wildman–Crippen MR) is 146 cm³/mol. The maximum Gasteiger partial charge on any atom is 0.436 e. The summed E-state index contributed by atoms with van der Waals surface area (Å²) in [5.74, 6) is -0.0959. The number of hydrogen-bond acceptors (Lipinski definition) is 7. The van der Waals surface area contributed by atoms with Crippen LogP contribution in [-0.2, 0) is 6.18 Å². The van der Waals surface area contributed by atoms with Gasteiger partial charge in [0.05, 0.1) is 23.3 Å². The molecule has 10 nitrogen and oxygen atoms in total. The Kier molecular flexibility index (Phi) is 5.24. The number of fused-ring (bicyclic) bond motifs is 4. The van der Waals surface area contributed by atoms with Crippen molar-refractivity contribution in [1.82, 2.24) is 34.7 Å². The fourth-order valence-electron chi connectivity index (χ4n) is 6.01. The summed E-state index contributed by atoms with van der Waals surface area (Å²) in [5, 5.41) is 11.5. The molecule has 0 bridgehead atoms. The van der Waals surface area contributed by atoms with Gasteiger partial charge in [0.1, 0.15) is 11.5 Å². The second kappa shape index (κ2) is 8.77. The minimum atomic E-state index is -4.67. The van der Waals surface area contributed by atoms with Gasteiger partial charge in [-0.3, -0.25) is 4.79 Å². The molecule has 2 aliphatic rings. The molecule has 0 radical (unpaired) electrons. The first-order valence-corrected chi connectivity index (χ1v) is 13.4. The third-order valence-electron chi connectivity index (χ3n) is 8.03. The van der Waals surface area contributed by atoms with Crippen molar-refractivity contribution in [2.75, 3.05) is 5.73 Å².